The van der Waals surface area contributed by atoms with Gasteiger partial charge in [-0.1, -0.05) is 23.7 Å². The summed E-state index contributed by atoms with van der Waals surface area (Å²) in [5.74, 6) is 0. The van der Waals surface area contributed by atoms with Gasteiger partial charge in [-0.25, -0.2) is 0 Å². The summed E-state index contributed by atoms with van der Waals surface area (Å²) in [7, 11) is 0. The van der Waals surface area contributed by atoms with E-state index < -0.39 is 6.10 Å². The molecule has 2 nitrogen and oxygen atoms in total. The lowest BCUT2D eigenvalue weighted by Crippen LogP contribution is -2.38. The minimum atomic E-state index is -0.491. The van der Waals surface area contributed by atoms with Crippen LogP contribution in [0.4, 0.5) is 0 Å². The van der Waals surface area contributed by atoms with Crippen molar-refractivity contribution in [1.29, 1.82) is 0 Å². The average molecular weight is 242 g/mol. The van der Waals surface area contributed by atoms with Gasteiger partial charge in [0, 0.05) is 17.1 Å². The molecule has 0 bridgehead atoms. The molecule has 1 unspecified atom stereocenters. The van der Waals surface area contributed by atoms with Crippen LogP contribution in [0.2, 0.25) is 5.02 Å². The SMILES string of the molecule is Cc1cc(C(O)CNC(C)(C)C)ccc1Cl. The van der Waals surface area contributed by atoms with E-state index in [2.05, 4.69) is 26.1 Å². The van der Waals surface area contributed by atoms with Crippen molar-refractivity contribution < 1.29 is 5.11 Å². The molecule has 0 spiro atoms. The van der Waals surface area contributed by atoms with Gasteiger partial charge in [-0.3, -0.25) is 0 Å². The highest BCUT2D eigenvalue weighted by Gasteiger charge is 2.13. The van der Waals surface area contributed by atoms with Gasteiger partial charge in [0.25, 0.3) is 0 Å². The van der Waals surface area contributed by atoms with Crippen LogP contribution in [0.25, 0.3) is 0 Å². The third-order valence-corrected chi connectivity index (χ3v) is 2.82. The fraction of sp³-hybridized carbons (Fsp3) is 0.538. The van der Waals surface area contributed by atoms with Crippen LogP contribution >= 0.6 is 11.6 Å². The third kappa shape index (κ3) is 4.12. The normalized spacial score (nSPS) is 13.9. The number of hydrogen-bond acceptors (Lipinski definition) is 2. The van der Waals surface area contributed by atoms with Crippen LogP contribution in [0.3, 0.4) is 0 Å². The molecule has 0 amide bonds. The van der Waals surface area contributed by atoms with Crippen LogP contribution in [0.5, 0.6) is 0 Å². The Hall–Kier alpha value is -0.570. The number of rotatable bonds is 3. The topological polar surface area (TPSA) is 32.3 Å². The maximum atomic E-state index is 9.99. The van der Waals surface area contributed by atoms with Crippen molar-refractivity contribution in [3.63, 3.8) is 0 Å². The summed E-state index contributed by atoms with van der Waals surface area (Å²) in [4.78, 5) is 0. The van der Waals surface area contributed by atoms with Gasteiger partial charge in [-0.15, -0.1) is 0 Å². The second-order valence-corrected chi connectivity index (χ2v) is 5.56. The van der Waals surface area contributed by atoms with Crippen molar-refractivity contribution in [1.82, 2.24) is 5.32 Å². The van der Waals surface area contributed by atoms with Crippen LogP contribution < -0.4 is 5.32 Å². The Labute approximate surface area is 103 Å². The van der Waals surface area contributed by atoms with Crippen molar-refractivity contribution in [3.8, 4) is 0 Å². The van der Waals surface area contributed by atoms with E-state index in [1.807, 2.05) is 25.1 Å². The van der Waals surface area contributed by atoms with E-state index in [-0.39, 0.29) is 5.54 Å². The second-order valence-electron chi connectivity index (χ2n) is 5.16. The van der Waals surface area contributed by atoms with Gasteiger partial charge in [0.05, 0.1) is 6.10 Å². The molecule has 90 valence electrons. The van der Waals surface area contributed by atoms with E-state index in [1.165, 1.54) is 0 Å². The van der Waals surface area contributed by atoms with E-state index in [1.54, 1.807) is 0 Å². The van der Waals surface area contributed by atoms with E-state index in [0.29, 0.717) is 6.54 Å². The van der Waals surface area contributed by atoms with Crippen LogP contribution in [-0.2, 0) is 0 Å². The minimum absolute atomic E-state index is 0.0163. The molecule has 0 heterocycles. The summed E-state index contributed by atoms with van der Waals surface area (Å²) >= 11 is 5.94. The van der Waals surface area contributed by atoms with Crippen LogP contribution in [-0.4, -0.2) is 17.2 Å². The maximum Gasteiger partial charge on any atom is 0.0914 e. The van der Waals surface area contributed by atoms with Crippen molar-refractivity contribution in [2.24, 2.45) is 0 Å². The summed E-state index contributed by atoms with van der Waals surface area (Å²) in [6.45, 7) is 8.72. The van der Waals surface area contributed by atoms with Gasteiger partial charge in [-0.05, 0) is 44.9 Å². The molecule has 1 aromatic carbocycles. The highest BCUT2D eigenvalue weighted by molar-refractivity contribution is 6.31. The monoisotopic (exact) mass is 241 g/mol. The first-order chi connectivity index (χ1) is 7.29. The quantitative estimate of drug-likeness (QED) is 0.853. The first-order valence-electron chi connectivity index (χ1n) is 5.49. The van der Waals surface area contributed by atoms with Crippen molar-refractivity contribution in [2.45, 2.75) is 39.3 Å². The lowest BCUT2D eigenvalue weighted by atomic mass is 10.0. The highest BCUT2D eigenvalue weighted by Crippen LogP contribution is 2.20. The smallest absolute Gasteiger partial charge is 0.0914 e. The second kappa shape index (κ2) is 5.17. The Balaban J connectivity index is 2.66. The van der Waals surface area contributed by atoms with Gasteiger partial charge in [-0.2, -0.15) is 0 Å². The fourth-order valence-corrected chi connectivity index (χ4v) is 1.51. The molecule has 2 N–H and O–H groups in total. The Morgan fingerprint density at radius 2 is 2.00 bits per heavy atom. The summed E-state index contributed by atoms with van der Waals surface area (Å²) in [5.41, 5.74) is 1.91. The first kappa shape index (κ1) is 13.5. The molecule has 1 aromatic rings. The summed E-state index contributed by atoms with van der Waals surface area (Å²) in [6.07, 6.45) is -0.491. The standard InChI is InChI=1S/C13H20ClNO/c1-9-7-10(5-6-11(9)14)12(16)8-15-13(2,3)4/h5-7,12,15-16H,8H2,1-4H3. The number of benzene rings is 1. The molecule has 0 saturated carbocycles. The molecule has 0 aromatic heterocycles. The zero-order valence-electron chi connectivity index (χ0n) is 10.3. The van der Waals surface area contributed by atoms with Gasteiger partial charge < -0.3 is 10.4 Å². The number of aliphatic hydroxyl groups is 1. The number of hydrogen-bond donors (Lipinski definition) is 2. The summed E-state index contributed by atoms with van der Waals surface area (Å²) in [5, 5.41) is 14.0. The van der Waals surface area contributed by atoms with Gasteiger partial charge in [0.1, 0.15) is 0 Å². The first-order valence-corrected chi connectivity index (χ1v) is 5.86. The average Bonchev–Trinajstić information content (AvgIpc) is 2.17. The zero-order chi connectivity index (χ0) is 12.3. The van der Waals surface area contributed by atoms with E-state index in [9.17, 15) is 5.11 Å². The molecule has 1 atom stereocenters. The number of aliphatic hydroxyl groups excluding tert-OH is 1. The molecule has 0 aliphatic heterocycles. The van der Waals surface area contributed by atoms with Crippen LogP contribution in [0, 0.1) is 6.92 Å². The van der Waals surface area contributed by atoms with Gasteiger partial charge >= 0.3 is 0 Å². The largest absolute Gasteiger partial charge is 0.387 e. The van der Waals surface area contributed by atoms with E-state index in [4.69, 9.17) is 11.6 Å². The molecule has 16 heavy (non-hydrogen) atoms. The van der Waals surface area contributed by atoms with E-state index in [0.717, 1.165) is 16.1 Å². The van der Waals surface area contributed by atoms with Crippen molar-refractivity contribution in [3.05, 3.63) is 34.3 Å². The van der Waals surface area contributed by atoms with Gasteiger partial charge in [0.15, 0.2) is 0 Å². The molecule has 0 radical (unpaired) electrons. The Morgan fingerprint density at radius 1 is 1.38 bits per heavy atom. The molecule has 1 rings (SSSR count). The lowest BCUT2D eigenvalue weighted by Gasteiger charge is -2.23. The Bertz CT molecular complexity index is 357. The zero-order valence-corrected chi connectivity index (χ0v) is 11.1. The number of aryl methyl sites for hydroxylation is 1. The van der Waals surface area contributed by atoms with Crippen LogP contribution in [0.15, 0.2) is 18.2 Å². The van der Waals surface area contributed by atoms with Crippen molar-refractivity contribution in [2.75, 3.05) is 6.54 Å². The lowest BCUT2D eigenvalue weighted by molar-refractivity contribution is 0.163. The van der Waals surface area contributed by atoms with Gasteiger partial charge in [0.2, 0.25) is 0 Å². The van der Waals surface area contributed by atoms with E-state index >= 15 is 0 Å². The predicted octanol–water partition coefficient (Wildman–Crippen LogP) is 3.07. The molecule has 0 fully saturated rings. The Morgan fingerprint density at radius 3 is 2.50 bits per heavy atom. The minimum Gasteiger partial charge on any atom is -0.387 e. The third-order valence-electron chi connectivity index (χ3n) is 2.39. The van der Waals surface area contributed by atoms with Crippen molar-refractivity contribution >= 4 is 11.6 Å². The summed E-state index contributed by atoms with van der Waals surface area (Å²) < 4.78 is 0. The molecular formula is C13H20ClNO. The molecular weight excluding hydrogens is 222 g/mol. The highest BCUT2D eigenvalue weighted by atomic mass is 35.5. The molecule has 0 aliphatic rings. The number of nitrogens with one attached hydrogen (secondary N) is 1. The van der Waals surface area contributed by atoms with Crippen LogP contribution in [0.1, 0.15) is 38.0 Å². The summed E-state index contributed by atoms with van der Waals surface area (Å²) in [6, 6.07) is 5.62. The molecule has 0 aliphatic carbocycles. The molecule has 0 saturated heterocycles. The molecule has 3 heteroatoms. The Kier molecular flexibility index (Phi) is 4.36. The number of halogens is 1. The number of β-amino-alcohol motifs (C(OH)–C–C–N with tert-alkyl or cyclic N) is 1. The maximum absolute atomic E-state index is 9.99. The fourth-order valence-electron chi connectivity index (χ4n) is 1.40. The predicted molar refractivity (Wildman–Crippen MR) is 68.9 cm³/mol.